The highest BCUT2D eigenvalue weighted by Gasteiger charge is 2.22. The molecular formula is C17H22BrN2O2+. The van der Waals surface area contributed by atoms with Gasteiger partial charge >= 0.3 is 0 Å². The van der Waals surface area contributed by atoms with Gasteiger partial charge in [0, 0.05) is 16.6 Å². The zero-order chi connectivity index (χ0) is 16.1. The van der Waals surface area contributed by atoms with Crippen LogP contribution in [0.4, 0.5) is 0 Å². The first-order valence-corrected chi connectivity index (χ1v) is 8.25. The summed E-state index contributed by atoms with van der Waals surface area (Å²) in [6, 6.07) is 11.9. The minimum atomic E-state index is -0.110. The molecular weight excluding hydrogens is 344 g/mol. The van der Waals surface area contributed by atoms with E-state index in [1.165, 1.54) is 0 Å². The monoisotopic (exact) mass is 365 g/mol. The molecule has 4 nitrogen and oxygen atoms in total. The van der Waals surface area contributed by atoms with Crippen LogP contribution in [0.5, 0.6) is 0 Å². The molecule has 0 saturated carbocycles. The molecule has 2 N–H and O–H groups in total. The third-order valence-electron chi connectivity index (χ3n) is 3.73. The van der Waals surface area contributed by atoms with Gasteiger partial charge in [0.2, 0.25) is 0 Å². The lowest BCUT2D eigenvalue weighted by Crippen LogP contribution is -3.12. The number of rotatable bonds is 6. The number of amides is 1. The molecule has 0 spiro atoms. The third-order valence-corrected chi connectivity index (χ3v) is 4.26. The zero-order valence-electron chi connectivity index (χ0n) is 13.2. The Bertz CT molecular complexity index is 622. The number of halogens is 1. The second kappa shape index (κ2) is 7.61. The predicted octanol–water partition coefficient (Wildman–Crippen LogP) is 2.25. The van der Waals surface area contributed by atoms with E-state index in [4.69, 9.17) is 4.42 Å². The topological polar surface area (TPSA) is 46.7 Å². The number of quaternary nitrogens is 1. The fourth-order valence-electron chi connectivity index (χ4n) is 2.22. The number of carbonyl (C=O) groups is 1. The summed E-state index contributed by atoms with van der Waals surface area (Å²) in [7, 11) is 2.00. The van der Waals surface area contributed by atoms with Gasteiger partial charge in [-0.2, -0.15) is 0 Å². The van der Waals surface area contributed by atoms with Gasteiger partial charge in [0.25, 0.3) is 5.91 Å². The van der Waals surface area contributed by atoms with Gasteiger partial charge in [0.1, 0.15) is 12.3 Å². The molecule has 0 aliphatic carbocycles. The van der Waals surface area contributed by atoms with E-state index in [0.717, 1.165) is 26.5 Å². The van der Waals surface area contributed by atoms with Crippen LogP contribution in [0.25, 0.3) is 11.3 Å². The van der Waals surface area contributed by atoms with Crippen molar-refractivity contribution < 1.29 is 14.1 Å². The van der Waals surface area contributed by atoms with Crippen molar-refractivity contribution in [1.29, 1.82) is 0 Å². The second-order valence-electron chi connectivity index (χ2n) is 5.41. The molecule has 2 aromatic rings. The molecule has 1 aromatic carbocycles. The van der Waals surface area contributed by atoms with Crippen molar-refractivity contribution in [3.05, 3.63) is 46.6 Å². The van der Waals surface area contributed by atoms with Crippen LogP contribution in [0.1, 0.15) is 19.6 Å². The quantitative estimate of drug-likeness (QED) is 0.824. The van der Waals surface area contributed by atoms with Gasteiger partial charge < -0.3 is 14.6 Å². The van der Waals surface area contributed by atoms with Gasteiger partial charge in [0.15, 0.2) is 11.8 Å². The van der Waals surface area contributed by atoms with Gasteiger partial charge in [-0.1, -0.05) is 28.1 Å². The maximum absolute atomic E-state index is 11.9. The second-order valence-corrected chi connectivity index (χ2v) is 6.33. The van der Waals surface area contributed by atoms with E-state index in [2.05, 4.69) is 21.2 Å². The zero-order valence-corrected chi connectivity index (χ0v) is 14.7. The Morgan fingerprint density at radius 1 is 1.27 bits per heavy atom. The number of hydrogen-bond acceptors (Lipinski definition) is 2. The van der Waals surface area contributed by atoms with Crippen molar-refractivity contribution >= 4 is 21.8 Å². The van der Waals surface area contributed by atoms with Crippen molar-refractivity contribution in [3.63, 3.8) is 0 Å². The molecule has 0 aliphatic rings. The summed E-state index contributed by atoms with van der Waals surface area (Å²) >= 11 is 3.43. The lowest BCUT2D eigenvalue weighted by Gasteiger charge is -2.19. The molecule has 118 valence electrons. The van der Waals surface area contributed by atoms with E-state index in [1.54, 1.807) is 0 Å². The number of carbonyl (C=O) groups excluding carboxylic acids is 1. The maximum atomic E-state index is 11.9. The third kappa shape index (κ3) is 4.21. The van der Waals surface area contributed by atoms with Crippen LogP contribution in [0.2, 0.25) is 0 Å². The summed E-state index contributed by atoms with van der Waals surface area (Å²) in [5.41, 5.74) is 1.05. The molecule has 5 heteroatoms. The first-order chi connectivity index (χ1) is 10.5. The predicted molar refractivity (Wildman–Crippen MR) is 90.6 cm³/mol. The molecule has 1 unspecified atom stereocenters. The highest BCUT2D eigenvalue weighted by atomic mass is 79.9. The van der Waals surface area contributed by atoms with Crippen LogP contribution in [-0.4, -0.2) is 25.5 Å². The minimum absolute atomic E-state index is 0.0692. The van der Waals surface area contributed by atoms with E-state index in [9.17, 15) is 4.79 Å². The Morgan fingerprint density at radius 2 is 1.95 bits per heavy atom. The number of nitrogens with one attached hydrogen (secondary N) is 2. The number of benzene rings is 1. The van der Waals surface area contributed by atoms with Crippen molar-refractivity contribution in [2.24, 2.45) is 0 Å². The van der Waals surface area contributed by atoms with Crippen molar-refractivity contribution in [1.82, 2.24) is 5.32 Å². The molecule has 2 atom stereocenters. The molecule has 1 heterocycles. The Kier molecular flexibility index (Phi) is 5.80. The first-order valence-electron chi connectivity index (χ1n) is 7.46. The number of hydrogen-bond donors (Lipinski definition) is 2. The van der Waals surface area contributed by atoms with E-state index in [0.29, 0.717) is 13.1 Å². The van der Waals surface area contributed by atoms with Crippen LogP contribution in [0, 0.1) is 0 Å². The summed E-state index contributed by atoms with van der Waals surface area (Å²) in [4.78, 5) is 13.0. The van der Waals surface area contributed by atoms with E-state index in [1.807, 2.05) is 57.3 Å². The van der Waals surface area contributed by atoms with Crippen LogP contribution in [0.3, 0.4) is 0 Å². The molecule has 22 heavy (non-hydrogen) atoms. The molecule has 0 aliphatic heterocycles. The summed E-state index contributed by atoms with van der Waals surface area (Å²) in [6.45, 7) is 5.19. The highest BCUT2D eigenvalue weighted by Crippen LogP contribution is 2.23. The minimum Gasteiger partial charge on any atom is -0.455 e. The van der Waals surface area contributed by atoms with Gasteiger partial charge in [-0.05, 0) is 38.1 Å². The van der Waals surface area contributed by atoms with Gasteiger partial charge in [-0.25, -0.2) is 0 Å². The first kappa shape index (κ1) is 16.8. The normalized spacial score (nSPS) is 13.6. The SMILES string of the molecule is CCNC(=O)[C@H](C)[NH+](C)Cc1ccc(-c2ccc(Br)cc2)o1. The lowest BCUT2D eigenvalue weighted by atomic mass is 10.2. The molecule has 1 amide bonds. The average Bonchev–Trinajstić information content (AvgIpc) is 2.95. The van der Waals surface area contributed by atoms with Crippen molar-refractivity contribution in [2.45, 2.75) is 26.4 Å². The molecule has 0 saturated heterocycles. The fourth-order valence-corrected chi connectivity index (χ4v) is 2.49. The van der Waals surface area contributed by atoms with Crippen LogP contribution in [-0.2, 0) is 11.3 Å². The Balaban J connectivity index is 2.02. The lowest BCUT2D eigenvalue weighted by molar-refractivity contribution is -0.909. The number of furan rings is 1. The summed E-state index contributed by atoms with van der Waals surface area (Å²) in [5, 5.41) is 2.85. The van der Waals surface area contributed by atoms with Crippen molar-refractivity contribution in [2.75, 3.05) is 13.6 Å². The molecule has 2 rings (SSSR count). The summed E-state index contributed by atoms with van der Waals surface area (Å²) in [5.74, 6) is 1.80. The van der Waals surface area contributed by atoms with Gasteiger partial charge in [-0.3, -0.25) is 4.79 Å². The summed E-state index contributed by atoms with van der Waals surface area (Å²) in [6.07, 6.45) is 0. The molecule has 0 radical (unpaired) electrons. The molecule has 0 bridgehead atoms. The van der Waals surface area contributed by atoms with Gasteiger partial charge in [-0.15, -0.1) is 0 Å². The largest absolute Gasteiger partial charge is 0.455 e. The Labute approximate surface area is 139 Å². The molecule has 0 fully saturated rings. The highest BCUT2D eigenvalue weighted by molar-refractivity contribution is 9.10. The van der Waals surface area contributed by atoms with E-state index in [-0.39, 0.29) is 11.9 Å². The van der Waals surface area contributed by atoms with Crippen molar-refractivity contribution in [3.8, 4) is 11.3 Å². The smallest absolute Gasteiger partial charge is 0.278 e. The summed E-state index contributed by atoms with van der Waals surface area (Å²) < 4.78 is 6.95. The standard InChI is InChI=1S/C17H21BrN2O2/c1-4-19-17(21)12(2)20(3)11-15-9-10-16(22-15)13-5-7-14(18)8-6-13/h5-10,12H,4,11H2,1-3H3,(H,19,21)/p+1/t12-/m0/s1. The maximum Gasteiger partial charge on any atom is 0.278 e. The number of likely N-dealkylation sites (N-methyl/N-ethyl adjacent to an activating group) is 2. The Hall–Kier alpha value is -1.59. The Morgan fingerprint density at radius 3 is 2.59 bits per heavy atom. The van der Waals surface area contributed by atoms with Gasteiger partial charge in [0.05, 0.1) is 7.05 Å². The van der Waals surface area contributed by atoms with Crippen LogP contribution >= 0.6 is 15.9 Å². The van der Waals surface area contributed by atoms with Crippen LogP contribution < -0.4 is 10.2 Å². The average molecular weight is 366 g/mol. The van der Waals surface area contributed by atoms with E-state index < -0.39 is 0 Å². The molecule has 1 aromatic heterocycles. The fraction of sp³-hybridized carbons (Fsp3) is 0.353. The van der Waals surface area contributed by atoms with E-state index >= 15 is 0 Å². The van der Waals surface area contributed by atoms with Crippen LogP contribution in [0.15, 0.2) is 45.3 Å².